The Morgan fingerprint density at radius 2 is 1.53 bits per heavy atom. The van der Waals surface area contributed by atoms with Crippen LogP contribution < -0.4 is 5.32 Å². The molecule has 0 unspecified atom stereocenters. The van der Waals surface area contributed by atoms with Gasteiger partial charge in [-0.2, -0.15) is 0 Å². The van der Waals surface area contributed by atoms with Gasteiger partial charge in [-0.1, -0.05) is 27.5 Å². The fraction of sp³-hybridized carbons (Fsp3) is 0. The molecule has 2 aromatic carbocycles. The molecule has 19 heavy (non-hydrogen) atoms. The number of amides is 1. The summed E-state index contributed by atoms with van der Waals surface area (Å²) in [6.07, 6.45) is 0. The highest BCUT2D eigenvalue weighted by Gasteiger charge is 2.12. The van der Waals surface area contributed by atoms with E-state index in [1.165, 1.54) is 0 Å². The van der Waals surface area contributed by atoms with Gasteiger partial charge in [-0.15, -0.1) is 0 Å². The molecule has 1 amide bonds. The van der Waals surface area contributed by atoms with Gasteiger partial charge in [-0.25, -0.2) is 0 Å². The SMILES string of the molecule is O=C(Nc1c(Br)cc(Br)cc1Br)c1ccc(Cl)cc1. The molecule has 0 bridgehead atoms. The van der Waals surface area contributed by atoms with E-state index in [0.717, 1.165) is 13.4 Å². The summed E-state index contributed by atoms with van der Waals surface area (Å²) in [7, 11) is 0. The van der Waals surface area contributed by atoms with Crippen molar-refractivity contribution in [1.82, 2.24) is 0 Å². The predicted molar refractivity (Wildman–Crippen MR) is 88.9 cm³/mol. The Balaban J connectivity index is 2.26. The van der Waals surface area contributed by atoms with E-state index in [1.807, 2.05) is 12.1 Å². The Bertz CT molecular complexity index is 605. The fourth-order valence-corrected chi connectivity index (χ4v) is 4.03. The van der Waals surface area contributed by atoms with E-state index in [4.69, 9.17) is 11.6 Å². The van der Waals surface area contributed by atoms with Crippen LogP contribution in [0.4, 0.5) is 5.69 Å². The van der Waals surface area contributed by atoms with E-state index < -0.39 is 0 Å². The second-order valence-electron chi connectivity index (χ2n) is 3.71. The standard InChI is InChI=1S/C13H7Br3ClNO/c14-8-5-10(15)12(11(16)6-8)18-13(19)7-1-3-9(17)4-2-7/h1-6H,(H,18,19). The topological polar surface area (TPSA) is 29.1 Å². The summed E-state index contributed by atoms with van der Waals surface area (Å²) in [5.41, 5.74) is 1.23. The highest BCUT2D eigenvalue weighted by Crippen LogP contribution is 2.34. The predicted octanol–water partition coefficient (Wildman–Crippen LogP) is 5.88. The molecule has 2 aromatic rings. The molecule has 0 saturated heterocycles. The van der Waals surface area contributed by atoms with Crippen molar-refractivity contribution in [3.05, 3.63) is 60.4 Å². The number of halogens is 4. The highest BCUT2D eigenvalue weighted by molar-refractivity contribution is 9.11. The number of anilines is 1. The fourth-order valence-electron chi connectivity index (χ4n) is 1.45. The molecule has 2 rings (SSSR count). The Morgan fingerprint density at radius 3 is 2.05 bits per heavy atom. The number of nitrogens with one attached hydrogen (secondary N) is 1. The Morgan fingerprint density at radius 1 is 1.00 bits per heavy atom. The summed E-state index contributed by atoms with van der Waals surface area (Å²) in [4.78, 5) is 12.1. The first-order valence-corrected chi connectivity index (χ1v) is 7.94. The van der Waals surface area contributed by atoms with Crippen LogP contribution in [0.5, 0.6) is 0 Å². The quantitative estimate of drug-likeness (QED) is 0.586. The zero-order valence-electron chi connectivity index (χ0n) is 9.38. The molecular weight excluding hydrogens is 461 g/mol. The molecule has 0 aliphatic heterocycles. The summed E-state index contributed by atoms with van der Waals surface area (Å²) < 4.78 is 2.49. The normalized spacial score (nSPS) is 10.3. The molecule has 98 valence electrons. The molecule has 6 heteroatoms. The molecule has 0 saturated carbocycles. The maximum absolute atomic E-state index is 12.1. The van der Waals surface area contributed by atoms with Crippen LogP contribution in [0.2, 0.25) is 5.02 Å². The zero-order valence-corrected chi connectivity index (χ0v) is 14.9. The number of carbonyl (C=O) groups is 1. The van der Waals surface area contributed by atoms with Gasteiger partial charge in [0.25, 0.3) is 5.91 Å². The molecule has 0 aliphatic rings. The van der Waals surface area contributed by atoms with Crippen molar-refractivity contribution >= 4 is 71.0 Å². The van der Waals surface area contributed by atoms with Crippen molar-refractivity contribution in [2.45, 2.75) is 0 Å². The van der Waals surface area contributed by atoms with Crippen LogP contribution in [-0.4, -0.2) is 5.91 Å². The van der Waals surface area contributed by atoms with Gasteiger partial charge in [-0.05, 0) is 68.3 Å². The van der Waals surface area contributed by atoms with Crippen molar-refractivity contribution in [2.24, 2.45) is 0 Å². The minimum atomic E-state index is -0.194. The first-order chi connectivity index (χ1) is 8.97. The molecule has 0 radical (unpaired) electrons. The molecule has 0 atom stereocenters. The molecule has 0 aromatic heterocycles. The molecular formula is C13H7Br3ClNO. The third kappa shape index (κ3) is 3.81. The molecule has 0 fully saturated rings. The molecule has 0 aliphatic carbocycles. The first-order valence-electron chi connectivity index (χ1n) is 5.19. The van der Waals surface area contributed by atoms with Crippen molar-refractivity contribution in [3.63, 3.8) is 0 Å². The second kappa shape index (κ2) is 6.39. The minimum absolute atomic E-state index is 0.194. The average Bonchev–Trinajstić information content (AvgIpc) is 2.34. The average molecular weight is 468 g/mol. The molecule has 1 N–H and O–H groups in total. The maximum atomic E-state index is 12.1. The van der Waals surface area contributed by atoms with Crippen LogP contribution in [0.3, 0.4) is 0 Å². The van der Waals surface area contributed by atoms with E-state index >= 15 is 0 Å². The van der Waals surface area contributed by atoms with Gasteiger partial charge < -0.3 is 5.32 Å². The second-order valence-corrected chi connectivity index (χ2v) is 6.77. The number of hydrogen-bond donors (Lipinski definition) is 1. The minimum Gasteiger partial charge on any atom is -0.320 e. The monoisotopic (exact) mass is 465 g/mol. The largest absolute Gasteiger partial charge is 0.320 e. The van der Waals surface area contributed by atoms with Gasteiger partial charge in [0, 0.05) is 24.0 Å². The van der Waals surface area contributed by atoms with E-state index in [-0.39, 0.29) is 5.91 Å². The Hall–Kier alpha value is -0.360. The number of rotatable bonds is 2. The number of hydrogen-bond acceptors (Lipinski definition) is 1. The van der Waals surface area contributed by atoms with E-state index in [1.54, 1.807) is 24.3 Å². The lowest BCUT2D eigenvalue weighted by atomic mass is 10.2. The smallest absolute Gasteiger partial charge is 0.255 e. The summed E-state index contributed by atoms with van der Waals surface area (Å²) in [6.45, 7) is 0. The van der Waals surface area contributed by atoms with Gasteiger partial charge in [0.1, 0.15) is 0 Å². The molecule has 0 heterocycles. The summed E-state index contributed by atoms with van der Waals surface area (Å²) in [5.74, 6) is -0.194. The molecule has 2 nitrogen and oxygen atoms in total. The number of benzene rings is 2. The zero-order chi connectivity index (χ0) is 14.0. The van der Waals surface area contributed by atoms with Crippen LogP contribution in [0.15, 0.2) is 49.8 Å². The van der Waals surface area contributed by atoms with Crippen LogP contribution in [0.1, 0.15) is 10.4 Å². The van der Waals surface area contributed by atoms with Gasteiger partial charge >= 0.3 is 0 Å². The van der Waals surface area contributed by atoms with E-state index in [2.05, 4.69) is 53.1 Å². The third-order valence-electron chi connectivity index (χ3n) is 2.35. The Kier molecular flexibility index (Phi) is 5.06. The van der Waals surface area contributed by atoms with Crippen molar-refractivity contribution in [3.8, 4) is 0 Å². The van der Waals surface area contributed by atoms with E-state index in [9.17, 15) is 4.79 Å². The van der Waals surface area contributed by atoms with E-state index in [0.29, 0.717) is 16.3 Å². The van der Waals surface area contributed by atoms with Gasteiger partial charge in [0.2, 0.25) is 0 Å². The lowest BCUT2D eigenvalue weighted by Crippen LogP contribution is -2.12. The van der Waals surface area contributed by atoms with Crippen LogP contribution in [0, 0.1) is 0 Å². The Labute approximate surface area is 140 Å². The highest BCUT2D eigenvalue weighted by atomic mass is 79.9. The van der Waals surface area contributed by atoms with Crippen molar-refractivity contribution in [1.29, 1.82) is 0 Å². The summed E-state index contributed by atoms with van der Waals surface area (Å²) in [5, 5.41) is 3.44. The van der Waals surface area contributed by atoms with Crippen molar-refractivity contribution < 1.29 is 4.79 Å². The van der Waals surface area contributed by atoms with Gasteiger partial charge in [-0.3, -0.25) is 4.79 Å². The van der Waals surface area contributed by atoms with Crippen LogP contribution >= 0.6 is 59.4 Å². The first kappa shape index (κ1) is 15.0. The van der Waals surface area contributed by atoms with Gasteiger partial charge in [0.15, 0.2) is 0 Å². The third-order valence-corrected chi connectivity index (χ3v) is 4.31. The van der Waals surface area contributed by atoms with Crippen LogP contribution in [0.25, 0.3) is 0 Å². The summed E-state index contributed by atoms with van der Waals surface area (Å²) >= 11 is 16.0. The van der Waals surface area contributed by atoms with Crippen LogP contribution in [-0.2, 0) is 0 Å². The number of carbonyl (C=O) groups excluding carboxylic acids is 1. The summed E-state index contributed by atoms with van der Waals surface area (Å²) in [6, 6.07) is 10.4. The lowest BCUT2D eigenvalue weighted by molar-refractivity contribution is 0.102. The maximum Gasteiger partial charge on any atom is 0.255 e. The molecule has 0 spiro atoms. The van der Waals surface area contributed by atoms with Gasteiger partial charge in [0.05, 0.1) is 5.69 Å². The lowest BCUT2D eigenvalue weighted by Gasteiger charge is -2.10. The van der Waals surface area contributed by atoms with Crippen molar-refractivity contribution in [2.75, 3.05) is 5.32 Å².